The van der Waals surface area contributed by atoms with Crippen LogP contribution in [0.15, 0.2) is 18.2 Å². The molecule has 0 amide bonds. The summed E-state index contributed by atoms with van der Waals surface area (Å²) >= 11 is 11.4. The normalized spacial score (nSPS) is 10.1. The van der Waals surface area contributed by atoms with Gasteiger partial charge in [-0.05, 0) is 17.2 Å². The summed E-state index contributed by atoms with van der Waals surface area (Å²) in [4.78, 5) is 0. The van der Waals surface area contributed by atoms with E-state index in [-0.39, 0.29) is 6.61 Å². The fourth-order valence-electron chi connectivity index (χ4n) is 0.829. The molecule has 0 fully saturated rings. The summed E-state index contributed by atoms with van der Waals surface area (Å²) in [5.74, 6) is 0.382. The molecule has 0 aromatic heterocycles. The van der Waals surface area contributed by atoms with E-state index in [1.165, 1.54) is 0 Å². The first-order valence-corrected chi connectivity index (χ1v) is 4.13. The van der Waals surface area contributed by atoms with Crippen LogP contribution >= 0.6 is 23.2 Å². The molecular formula is C8H8Cl2O. The van der Waals surface area contributed by atoms with Crippen molar-refractivity contribution >= 4 is 23.2 Å². The quantitative estimate of drug-likeness (QED) is 0.712. The molecule has 0 saturated carbocycles. The van der Waals surface area contributed by atoms with Crippen molar-refractivity contribution in [3.8, 4) is 0 Å². The van der Waals surface area contributed by atoms with Crippen LogP contribution in [0.5, 0.6) is 0 Å². The molecule has 0 aliphatic rings. The van der Waals surface area contributed by atoms with Crippen LogP contribution in [0.3, 0.4) is 0 Å². The maximum atomic E-state index is 8.76. The molecular weight excluding hydrogens is 183 g/mol. The third-order valence-electron chi connectivity index (χ3n) is 1.44. The number of aliphatic hydroxyl groups excluding tert-OH is 1. The van der Waals surface area contributed by atoms with Crippen LogP contribution in [-0.2, 0) is 12.5 Å². The Labute approximate surface area is 75.6 Å². The number of hydrogen-bond acceptors (Lipinski definition) is 1. The molecule has 0 radical (unpaired) electrons. The van der Waals surface area contributed by atoms with Crippen LogP contribution in [0.1, 0.15) is 11.1 Å². The highest BCUT2D eigenvalue weighted by Crippen LogP contribution is 2.19. The third kappa shape index (κ3) is 2.09. The zero-order valence-electron chi connectivity index (χ0n) is 5.85. The highest BCUT2D eigenvalue weighted by Gasteiger charge is 1.99. The first kappa shape index (κ1) is 8.85. The summed E-state index contributed by atoms with van der Waals surface area (Å²) in [6.45, 7) is 0.0288. The molecule has 60 valence electrons. The SMILES string of the molecule is OCc1ccc(Cl)c(CCl)c1. The van der Waals surface area contributed by atoms with Crippen LogP contribution in [0.25, 0.3) is 0 Å². The van der Waals surface area contributed by atoms with E-state index in [4.69, 9.17) is 28.3 Å². The number of rotatable bonds is 2. The largest absolute Gasteiger partial charge is 0.392 e. The molecule has 1 aromatic carbocycles. The van der Waals surface area contributed by atoms with Gasteiger partial charge >= 0.3 is 0 Å². The van der Waals surface area contributed by atoms with Crippen molar-refractivity contribution in [1.29, 1.82) is 0 Å². The second-order valence-electron chi connectivity index (χ2n) is 2.22. The summed E-state index contributed by atoms with van der Waals surface area (Å²) in [5, 5.41) is 9.41. The fraction of sp³-hybridized carbons (Fsp3) is 0.250. The minimum absolute atomic E-state index is 0.0288. The van der Waals surface area contributed by atoms with Gasteiger partial charge in [-0.3, -0.25) is 0 Å². The number of hydrogen-bond donors (Lipinski definition) is 1. The van der Waals surface area contributed by atoms with E-state index < -0.39 is 0 Å². The van der Waals surface area contributed by atoms with Crippen LogP contribution in [0, 0.1) is 0 Å². The second-order valence-corrected chi connectivity index (χ2v) is 2.89. The predicted molar refractivity (Wildman–Crippen MR) is 46.9 cm³/mol. The summed E-state index contributed by atoms with van der Waals surface area (Å²) in [7, 11) is 0. The van der Waals surface area contributed by atoms with Gasteiger partial charge in [0.05, 0.1) is 6.61 Å². The zero-order chi connectivity index (χ0) is 8.27. The van der Waals surface area contributed by atoms with E-state index in [1.54, 1.807) is 18.2 Å². The zero-order valence-corrected chi connectivity index (χ0v) is 7.36. The molecule has 0 heterocycles. The van der Waals surface area contributed by atoms with E-state index in [9.17, 15) is 0 Å². The lowest BCUT2D eigenvalue weighted by Crippen LogP contribution is -1.86. The average Bonchev–Trinajstić information content (AvgIpc) is 2.05. The predicted octanol–water partition coefficient (Wildman–Crippen LogP) is 2.57. The number of aliphatic hydroxyl groups is 1. The molecule has 1 N–H and O–H groups in total. The molecule has 0 unspecified atom stereocenters. The van der Waals surface area contributed by atoms with Gasteiger partial charge in [0.1, 0.15) is 0 Å². The highest BCUT2D eigenvalue weighted by atomic mass is 35.5. The van der Waals surface area contributed by atoms with E-state index in [1.807, 2.05) is 0 Å². The molecule has 0 atom stereocenters. The Morgan fingerprint density at radius 2 is 2.09 bits per heavy atom. The lowest BCUT2D eigenvalue weighted by Gasteiger charge is -2.01. The standard InChI is InChI=1S/C8H8Cl2O/c9-4-7-3-6(5-11)1-2-8(7)10/h1-3,11H,4-5H2. The van der Waals surface area contributed by atoms with Crippen molar-refractivity contribution in [2.75, 3.05) is 0 Å². The lowest BCUT2D eigenvalue weighted by atomic mass is 10.1. The topological polar surface area (TPSA) is 20.2 Å². The molecule has 0 aliphatic carbocycles. The summed E-state index contributed by atoms with van der Waals surface area (Å²) in [6, 6.07) is 5.32. The van der Waals surface area contributed by atoms with E-state index >= 15 is 0 Å². The van der Waals surface area contributed by atoms with Gasteiger partial charge in [-0.15, -0.1) is 11.6 Å². The van der Waals surface area contributed by atoms with Crippen molar-refractivity contribution < 1.29 is 5.11 Å². The second kappa shape index (κ2) is 3.96. The molecule has 0 spiro atoms. The van der Waals surface area contributed by atoms with Crippen molar-refractivity contribution in [1.82, 2.24) is 0 Å². The van der Waals surface area contributed by atoms with Gasteiger partial charge in [0.2, 0.25) is 0 Å². The third-order valence-corrected chi connectivity index (χ3v) is 2.09. The van der Waals surface area contributed by atoms with Crippen molar-refractivity contribution in [2.45, 2.75) is 12.5 Å². The minimum atomic E-state index is 0.0288. The Balaban J connectivity index is 3.02. The van der Waals surface area contributed by atoms with Crippen LogP contribution in [0.4, 0.5) is 0 Å². The molecule has 11 heavy (non-hydrogen) atoms. The molecule has 0 bridgehead atoms. The minimum Gasteiger partial charge on any atom is -0.392 e. The lowest BCUT2D eigenvalue weighted by molar-refractivity contribution is 0.282. The first-order chi connectivity index (χ1) is 5.27. The van der Waals surface area contributed by atoms with Gasteiger partial charge in [0, 0.05) is 10.9 Å². The molecule has 3 heteroatoms. The fourth-order valence-corrected chi connectivity index (χ4v) is 1.30. The van der Waals surface area contributed by atoms with Gasteiger partial charge in [0.15, 0.2) is 0 Å². The molecule has 1 nitrogen and oxygen atoms in total. The van der Waals surface area contributed by atoms with Gasteiger partial charge in [0.25, 0.3) is 0 Å². The number of halogens is 2. The van der Waals surface area contributed by atoms with Crippen molar-refractivity contribution in [3.63, 3.8) is 0 Å². The van der Waals surface area contributed by atoms with Crippen LogP contribution < -0.4 is 0 Å². The molecule has 1 aromatic rings. The maximum Gasteiger partial charge on any atom is 0.0681 e. The molecule has 1 rings (SSSR count). The van der Waals surface area contributed by atoms with Gasteiger partial charge in [-0.25, -0.2) is 0 Å². The van der Waals surface area contributed by atoms with Crippen LogP contribution in [-0.4, -0.2) is 5.11 Å². The van der Waals surface area contributed by atoms with Gasteiger partial charge < -0.3 is 5.11 Å². The van der Waals surface area contributed by atoms with E-state index in [2.05, 4.69) is 0 Å². The first-order valence-electron chi connectivity index (χ1n) is 3.22. The molecule has 0 saturated heterocycles. The monoisotopic (exact) mass is 190 g/mol. The summed E-state index contributed by atoms with van der Waals surface area (Å²) < 4.78 is 0. The van der Waals surface area contributed by atoms with Crippen molar-refractivity contribution in [3.05, 3.63) is 34.3 Å². The maximum absolute atomic E-state index is 8.76. The smallest absolute Gasteiger partial charge is 0.0681 e. The van der Waals surface area contributed by atoms with E-state index in [0.717, 1.165) is 11.1 Å². The van der Waals surface area contributed by atoms with Crippen LogP contribution in [0.2, 0.25) is 5.02 Å². The Hall–Kier alpha value is -0.240. The average molecular weight is 191 g/mol. The Morgan fingerprint density at radius 3 is 2.64 bits per heavy atom. The summed E-state index contributed by atoms with van der Waals surface area (Å²) in [5.41, 5.74) is 1.70. The van der Waals surface area contributed by atoms with Crippen molar-refractivity contribution in [2.24, 2.45) is 0 Å². The Morgan fingerprint density at radius 1 is 1.36 bits per heavy atom. The van der Waals surface area contributed by atoms with Gasteiger partial charge in [-0.2, -0.15) is 0 Å². The molecule has 0 aliphatic heterocycles. The Kier molecular flexibility index (Phi) is 3.18. The van der Waals surface area contributed by atoms with Gasteiger partial charge in [-0.1, -0.05) is 23.7 Å². The van der Waals surface area contributed by atoms with E-state index in [0.29, 0.717) is 10.9 Å². The Bertz CT molecular complexity index is 248. The number of benzene rings is 1. The highest BCUT2D eigenvalue weighted by molar-refractivity contribution is 6.32. The summed E-state index contributed by atoms with van der Waals surface area (Å²) in [6.07, 6.45) is 0. The number of alkyl halides is 1.